The molecule has 1 rings (SSSR count). The average molecular weight is 269 g/mol. The van der Waals surface area contributed by atoms with Gasteiger partial charge in [0.1, 0.15) is 11.4 Å². The summed E-state index contributed by atoms with van der Waals surface area (Å²) in [7, 11) is 3.16. The smallest absolute Gasteiger partial charge is 0.315 e. The van der Waals surface area contributed by atoms with Crippen LogP contribution in [-0.2, 0) is 9.47 Å². The van der Waals surface area contributed by atoms with Gasteiger partial charge in [-0.15, -0.1) is 0 Å². The summed E-state index contributed by atoms with van der Waals surface area (Å²) >= 11 is 0. The van der Waals surface area contributed by atoms with E-state index in [9.17, 15) is 10.1 Å². The summed E-state index contributed by atoms with van der Waals surface area (Å²) in [5.41, 5.74) is 0.989. The minimum atomic E-state index is -0.399. The summed E-state index contributed by atoms with van der Waals surface area (Å²) in [5.74, 6) is 0. The van der Waals surface area contributed by atoms with Gasteiger partial charge in [-0.3, -0.25) is 10.1 Å². The fraction of sp³-hybridized carbons (Fsp3) is 0.500. The Morgan fingerprint density at radius 2 is 1.58 bits per heavy atom. The molecular formula is C12H19N3O4. The van der Waals surface area contributed by atoms with Crippen LogP contribution in [0.25, 0.3) is 0 Å². The molecular weight excluding hydrogens is 250 g/mol. The fourth-order valence-electron chi connectivity index (χ4n) is 1.60. The molecule has 0 aliphatic carbocycles. The fourth-order valence-corrected chi connectivity index (χ4v) is 1.60. The maximum absolute atomic E-state index is 11.2. The van der Waals surface area contributed by atoms with Gasteiger partial charge in [0.15, 0.2) is 0 Å². The second-order valence-corrected chi connectivity index (χ2v) is 3.80. The Morgan fingerprint density at radius 3 is 1.95 bits per heavy atom. The number of nitro benzene ring substituents is 1. The molecule has 0 amide bonds. The van der Waals surface area contributed by atoms with Crippen molar-refractivity contribution < 1.29 is 14.4 Å². The van der Waals surface area contributed by atoms with Crippen molar-refractivity contribution in [3.05, 3.63) is 28.3 Å². The number of para-hydroxylation sites is 1. The van der Waals surface area contributed by atoms with Crippen LogP contribution in [0.3, 0.4) is 0 Å². The van der Waals surface area contributed by atoms with Gasteiger partial charge in [-0.2, -0.15) is 0 Å². The zero-order valence-electron chi connectivity index (χ0n) is 11.1. The first kappa shape index (κ1) is 15.2. The molecule has 7 nitrogen and oxygen atoms in total. The summed E-state index contributed by atoms with van der Waals surface area (Å²) in [6.07, 6.45) is 0. The number of hydrogen-bond donors (Lipinski definition) is 2. The highest BCUT2D eigenvalue weighted by molar-refractivity contribution is 5.76. The SMILES string of the molecule is COCCNc1cccc(NCCOC)c1[N+](=O)[O-]. The molecule has 106 valence electrons. The number of nitro groups is 1. The molecule has 1 aromatic rings. The second-order valence-electron chi connectivity index (χ2n) is 3.80. The van der Waals surface area contributed by atoms with Crippen LogP contribution in [0.5, 0.6) is 0 Å². The van der Waals surface area contributed by atoms with Crippen molar-refractivity contribution in [2.45, 2.75) is 0 Å². The molecule has 0 saturated heterocycles. The number of anilines is 2. The van der Waals surface area contributed by atoms with Crippen molar-refractivity contribution in [3.63, 3.8) is 0 Å². The van der Waals surface area contributed by atoms with Gasteiger partial charge in [0.25, 0.3) is 0 Å². The van der Waals surface area contributed by atoms with E-state index in [-0.39, 0.29) is 5.69 Å². The summed E-state index contributed by atoms with van der Waals surface area (Å²) in [5, 5.41) is 17.1. The molecule has 0 aliphatic rings. The topological polar surface area (TPSA) is 85.7 Å². The van der Waals surface area contributed by atoms with Gasteiger partial charge in [-0.1, -0.05) is 6.07 Å². The first-order valence-corrected chi connectivity index (χ1v) is 5.93. The van der Waals surface area contributed by atoms with Crippen molar-refractivity contribution in [1.82, 2.24) is 0 Å². The zero-order valence-corrected chi connectivity index (χ0v) is 11.1. The molecule has 0 unspecified atom stereocenters. The highest BCUT2D eigenvalue weighted by atomic mass is 16.6. The number of hydrogen-bond acceptors (Lipinski definition) is 6. The van der Waals surface area contributed by atoms with Crippen molar-refractivity contribution >= 4 is 17.1 Å². The molecule has 19 heavy (non-hydrogen) atoms. The Kier molecular flexibility index (Phi) is 6.62. The van der Waals surface area contributed by atoms with Gasteiger partial charge in [0.2, 0.25) is 0 Å². The Bertz CT molecular complexity index is 384. The summed E-state index contributed by atoms with van der Waals surface area (Å²) in [6.45, 7) is 1.99. The van der Waals surface area contributed by atoms with Crippen molar-refractivity contribution in [3.8, 4) is 0 Å². The van der Waals surface area contributed by atoms with Crippen molar-refractivity contribution in [2.75, 3.05) is 51.2 Å². The molecule has 0 saturated carbocycles. The monoisotopic (exact) mass is 269 g/mol. The summed E-state index contributed by atoms with van der Waals surface area (Å²) < 4.78 is 9.82. The molecule has 0 spiro atoms. The van der Waals surface area contributed by atoms with Gasteiger partial charge in [-0.25, -0.2) is 0 Å². The molecule has 0 atom stereocenters. The standard InChI is InChI=1S/C12H19N3O4/c1-18-8-6-13-10-4-3-5-11(12(10)15(16)17)14-7-9-19-2/h3-5,13-14H,6-9H2,1-2H3. The number of rotatable bonds is 9. The van der Waals surface area contributed by atoms with Crippen LogP contribution in [0.4, 0.5) is 17.1 Å². The summed E-state index contributed by atoms with van der Waals surface area (Å²) in [4.78, 5) is 10.8. The lowest BCUT2D eigenvalue weighted by molar-refractivity contribution is -0.383. The van der Waals surface area contributed by atoms with Crippen molar-refractivity contribution in [2.24, 2.45) is 0 Å². The number of nitrogens with one attached hydrogen (secondary N) is 2. The number of methoxy groups -OCH3 is 2. The number of nitrogens with zero attached hydrogens (tertiary/aromatic N) is 1. The Labute approximate surface area is 112 Å². The molecule has 0 bridgehead atoms. The number of benzene rings is 1. The van der Waals surface area contributed by atoms with Crippen LogP contribution in [0, 0.1) is 10.1 Å². The quantitative estimate of drug-likeness (QED) is 0.403. The Balaban J connectivity index is 2.84. The van der Waals surface area contributed by atoms with Crippen LogP contribution >= 0.6 is 0 Å². The minimum Gasteiger partial charge on any atom is -0.383 e. The third-order valence-corrected chi connectivity index (χ3v) is 2.46. The van der Waals surface area contributed by atoms with E-state index < -0.39 is 4.92 Å². The van der Waals surface area contributed by atoms with Crippen molar-refractivity contribution in [1.29, 1.82) is 0 Å². The van der Waals surface area contributed by atoms with Gasteiger partial charge < -0.3 is 20.1 Å². The molecule has 1 aromatic carbocycles. The first-order chi connectivity index (χ1) is 9.20. The summed E-state index contributed by atoms with van der Waals surface area (Å²) in [6, 6.07) is 5.11. The van der Waals surface area contributed by atoms with Crippen LogP contribution in [0.15, 0.2) is 18.2 Å². The van der Waals surface area contributed by atoms with E-state index >= 15 is 0 Å². The van der Waals surface area contributed by atoms with E-state index in [1.54, 1.807) is 32.4 Å². The molecule has 0 aromatic heterocycles. The van der Waals surface area contributed by atoms with E-state index in [2.05, 4.69) is 10.6 Å². The van der Waals surface area contributed by atoms with E-state index in [0.29, 0.717) is 37.7 Å². The van der Waals surface area contributed by atoms with Gasteiger partial charge >= 0.3 is 5.69 Å². The lowest BCUT2D eigenvalue weighted by Crippen LogP contribution is -2.12. The third-order valence-electron chi connectivity index (χ3n) is 2.46. The van der Waals surface area contributed by atoms with E-state index in [0.717, 1.165) is 0 Å². The lowest BCUT2D eigenvalue weighted by atomic mass is 10.2. The minimum absolute atomic E-state index is 0.0368. The van der Waals surface area contributed by atoms with Crippen LogP contribution in [0.1, 0.15) is 0 Å². The molecule has 0 heterocycles. The third kappa shape index (κ3) is 4.72. The maximum Gasteiger partial charge on any atom is 0.315 e. The molecule has 0 aliphatic heterocycles. The Morgan fingerprint density at radius 1 is 1.11 bits per heavy atom. The van der Waals surface area contributed by atoms with E-state index in [1.165, 1.54) is 0 Å². The molecule has 0 radical (unpaired) electrons. The molecule has 7 heteroatoms. The van der Waals surface area contributed by atoms with Gasteiger partial charge in [0, 0.05) is 27.3 Å². The predicted octanol–water partition coefficient (Wildman–Crippen LogP) is 1.71. The van der Waals surface area contributed by atoms with Gasteiger partial charge in [-0.05, 0) is 12.1 Å². The zero-order chi connectivity index (χ0) is 14.1. The predicted molar refractivity (Wildman–Crippen MR) is 73.8 cm³/mol. The maximum atomic E-state index is 11.2. The lowest BCUT2D eigenvalue weighted by Gasteiger charge is -2.11. The molecule has 2 N–H and O–H groups in total. The first-order valence-electron chi connectivity index (χ1n) is 5.93. The molecule has 0 fully saturated rings. The van der Waals surface area contributed by atoms with Crippen LogP contribution in [-0.4, -0.2) is 45.4 Å². The normalized spacial score (nSPS) is 10.2. The average Bonchev–Trinajstić information content (AvgIpc) is 2.39. The van der Waals surface area contributed by atoms with Crippen LogP contribution in [0.2, 0.25) is 0 Å². The highest BCUT2D eigenvalue weighted by Gasteiger charge is 2.18. The Hall–Kier alpha value is -1.86. The highest BCUT2D eigenvalue weighted by Crippen LogP contribution is 2.32. The van der Waals surface area contributed by atoms with Crippen LogP contribution < -0.4 is 10.6 Å². The van der Waals surface area contributed by atoms with E-state index in [1.807, 2.05) is 0 Å². The largest absolute Gasteiger partial charge is 0.383 e. The van der Waals surface area contributed by atoms with E-state index in [4.69, 9.17) is 9.47 Å². The second kappa shape index (κ2) is 8.28. The van der Waals surface area contributed by atoms with Gasteiger partial charge in [0.05, 0.1) is 18.1 Å². The number of ether oxygens (including phenoxy) is 2.